The van der Waals surface area contributed by atoms with Crippen molar-refractivity contribution < 1.29 is 14.3 Å². The summed E-state index contributed by atoms with van der Waals surface area (Å²) in [6.07, 6.45) is 0. The zero-order valence-electron chi connectivity index (χ0n) is 10.9. The lowest BCUT2D eigenvalue weighted by molar-refractivity contribution is 0.0819. The number of halogens is 1. The fourth-order valence-corrected chi connectivity index (χ4v) is 2.29. The highest BCUT2D eigenvalue weighted by Crippen LogP contribution is 2.09. The Morgan fingerprint density at radius 2 is 1.79 bits per heavy atom. The molecule has 0 unspecified atom stereocenters. The molecule has 0 spiro atoms. The van der Waals surface area contributed by atoms with Crippen LogP contribution in [0, 0.1) is 5.82 Å². The van der Waals surface area contributed by atoms with Gasteiger partial charge in [0.1, 0.15) is 5.82 Å². The molecule has 0 radical (unpaired) electrons. The van der Waals surface area contributed by atoms with E-state index in [2.05, 4.69) is 4.90 Å². The molecule has 1 aliphatic rings. The Morgan fingerprint density at radius 3 is 2.42 bits per heavy atom. The second kappa shape index (κ2) is 6.75. The number of aliphatic hydroxyl groups excluding tert-OH is 1. The summed E-state index contributed by atoms with van der Waals surface area (Å²) in [5.74, 6) is -0.625. The summed E-state index contributed by atoms with van der Waals surface area (Å²) in [7, 11) is 0. The molecule has 0 aliphatic carbocycles. The van der Waals surface area contributed by atoms with Crippen LogP contribution in [0.15, 0.2) is 24.3 Å². The van der Waals surface area contributed by atoms with Gasteiger partial charge in [0.2, 0.25) is 0 Å². The van der Waals surface area contributed by atoms with Gasteiger partial charge >= 0.3 is 0 Å². The van der Waals surface area contributed by atoms with Gasteiger partial charge in [-0.05, 0) is 12.1 Å². The van der Waals surface area contributed by atoms with Gasteiger partial charge in [0.25, 0.3) is 0 Å². The summed E-state index contributed by atoms with van der Waals surface area (Å²) in [6.45, 7) is 4.33. The van der Waals surface area contributed by atoms with E-state index in [1.54, 1.807) is 12.1 Å². The molecule has 1 N–H and O–H groups in total. The van der Waals surface area contributed by atoms with Crippen LogP contribution in [0.1, 0.15) is 10.4 Å². The highest BCUT2D eigenvalue weighted by molar-refractivity contribution is 5.97. The molecule has 1 saturated heterocycles. The zero-order valence-corrected chi connectivity index (χ0v) is 10.9. The van der Waals surface area contributed by atoms with Crippen LogP contribution >= 0.6 is 0 Å². The minimum atomic E-state index is -0.452. The van der Waals surface area contributed by atoms with Crippen LogP contribution < -0.4 is 0 Å². The van der Waals surface area contributed by atoms with Gasteiger partial charge in [-0.15, -0.1) is 0 Å². The second-order valence-electron chi connectivity index (χ2n) is 4.74. The molecule has 1 aromatic rings. The number of aliphatic hydroxyl groups is 1. The van der Waals surface area contributed by atoms with Crippen LogP contribution in [0.25, 0.3) is 0 Å². The average Bonchev–Trinajstić information content (AvgIpc) is 2.42. The number of benzene rings is 1. The maximum atomic E-state index is 13.5. The molecule has 5 heteroatoms. The molecule has 1 aromatic carbocycles. The van der Waals surface area contributed by atoms with Crippen LogP contribution in [0.3, 0.4) is 0 Å². The third-order valence-electron chi connectivity index (χ3n) is 3.42. The molecule has 104 valence electrons. The average molecular weight is 266 g/mol. The van der Waals surface area contributed by atoms with Gasteiger partial charge in [0.15, 0.2) is 5.78 Å². The third kappa shape index (κ3) is 3.83. The third-order valence-corrected chi connectivity index (χ3v) is 3.42. The normalized spacial score (nSPS) is 17.6. The molecule has 2 rings (SSSR count). The van der Waals surface area contributed by atoms with Crippen molar-refractivity contribution in [2.75, 3.05) is 45.9 Å². The molecule has 19 heavy (non-hydrogen) atoms. The van der Waals surface area contributed by atoms with Gasteiger partial charge in [-0.3, -0.25) is 14.6 Å². The molecule has 4 nitrogen and oxygen atoms in total. The Balaban J connectivity index is 1.86. The van der Waals surface area contributed by atoms with Gasteiger partial charge in [0, 0.05) is 32.7 Å². The van der Waals surface area contributed by atoms with Crippen molar-refractivity contribution in [1.29, 1.82) is 0 Å². The number of rotatable bonds is 5. The van der Waals surface area contributed by atoms with E-state index in [1.165, 1.54) is 12.1 Å². The lowest BCUT2D eigenvalue weighted by atomic mass is 10.1. The van der Waals surface area contributed by atoms with Gasteiger partial charge in [-0.2, -0.15) is 0 Å². The van der Waals surface area contributed by atoms with Crippen LogP contribution in [-0.4, -0.2) is 66.6 Å². The summed E-state index contributed by atoms with van der Waals surface area (Å²) in [5, 5.41) is 8.86. The summed E-state index contributed by atoms with van der Waals surface area (Å²) in [5.41, 5.74) is 0.167. The molecule has 0 saturated carbocycles. The number of hydrogen-bond acceptors (Lipinski definition) is 4. The number of nitrogens with zero attached hydrogens (tertiary/aromatic N) is 2. The number of carbonyl (C=O) groups excluding carboxylic acids is 1. The number of piperazine rings is 1. The SMILES string of the molecule is O=C(CN1CCN(CCO)CC1)c1ccccc1F. The van der Waals surface area contributed by atoms with Crippen molar-refractivity contribution in [2.24, 2.45) is 0 Å². The number of β-amino-alcohol motifs (C(OH)–C–C–N with tert-alkyl or cyclic N) is 1. The summed E-state index contributed by atoms with van der Waals surface area (Å²) < 4.78 is 13.5. The maximum absolute atomic E-state index is 13.5. The topological polar surface area (TPSA) is 43.8 Å². The Kier molecular flexibility index (Phi) is 5.01. The van der Waals surface area contributed by atoms with Crippen LogP contribution in [-0.2, 0) is 0 Å². The van der Waals surface area contributed by atoms with Crippen LogP contribution in [0.4, 0.5) is 4.39 Å². The van der Waals surface area contributed by atoms with E-state index in [0.29, 0.717) is 6.54 Å². The van der Waals surface area contributed by atoms with Gasteiger partial charge in [0.05, 0.1) is 18.7 Å². The zero-order chi connectivity index (χ0) is 13.7. The van der Waals surface area contributed by atoms with E-state index in [9.17, 15) is 9.18 Å². The molecular weight excluding hydrogens is 247 g/mol. The fourth-order valence-electron chi connectivity index (χ4n) is 2.29. The van der Waals surface area contributed by atoms with Crippen molar-refractivity contribution in [2.45, 2.75) is 0 Å². The van der Waals surface area contributed by atoms with Crippen molar-refractivity contribution in [3.05, 3.63) is 35.6 Å². The molecule has 0 atom stereocenters. The smallest absolute Gasteiger partial charge is 0.179 e. The van der Waals surface area contributed by atoms with E-state index in [0.717, 1.165) is 26.2 Å². The lowest BCUT2D eigenvalue weighted by Crippen LogP contribution is -2.48. The molecule has 1 aliphatic heterocycles. The first-order chi connectivity index (χ1) is 9.20. The molecule has 1 fully saturated rings. The van der Waals surface area contributed by atoms with E-state index in [-0.39, 0.29) is 24.5 Å². The second-order valence-corrected chi connectivity index (χ2v) is 4.74. The van der Waals surface area contributed by atoms with Crippen molar-refractivity contribution in [3.63, 3.8) is 0 Å². The van der Waals surface area contributed by atoms with Crippen LogP contribution in [0.2, 0.25) is 0 Å². The molecule has 0 aromatic heterocycles. The van der Waals surface area contributed by atoms with E-state index in [4.69, 9.17) is 5.11 Å². The Morgan fingerprint density at radius 1 is 1.16 bits per heavy atom. The van der Waals surface area contributed by atoms with E-state index in [1.807, 2.05) is 4.90 Å². The highest BCUT2D eigenvalue weighted by Gasteiger charge is 2.20. The number of ketones is 1. The fraction of sp³-hybridized carbons (Fsp3) is 0.500. The standard InChI is InChI=1S/C14H19FN2O2/c15-13-4-2-1-3-12(13)14(19)11-17-7-5-16(6-8-17)9-10-18/h1-4,18H,5-11H2. The minimum Gasteiger partial charge on any atom is -0.395 e. The quantitative estimate of drug-likeness (QED) is 0.793. The van der Waals surface area contributed by atoms with E-state index >= 15 is 0 Å². The monoisotopic (exact) mass is 266 g/mol. The molecule has 1 heterocycles. The Hall–Kier alpha value is -1.30. The summed E-state index contributed by atoms with van der Waals surface area (Å²) >= 11 is 0. The molecule has 0 bridgehead atoms. The van der Waals surface area contributed by atoms with Crippen molar-refractivity contribution >= 4 is 5.78 Å². The summed E-state index contributed by atoms with van der Waals surface area (Å²) in [6, 6.07) is 6.10. The van der Waals surface area contributed by atoms with Crippen molar-refractivity contribution in [1.82, 2.24) is 9.80 Å². The minimum absolute atomic E-state index is 0.161. The predicted octanol–water partition coefficient (Wildman–Crippen LogP) is 0.618. The van der Waals surface area contributed by atoms with Gasteiger partial charge in [-0.1, -0.05) is 12.1 Å². The number of carbonyl (C=O) groups is 1. The van der Waals surface area contributed by atoms with Crippen LogP contribution in [0.5, 0.6) is 0 Å². The predicted molar refractivity (Wildman–Crippen MR) is 70.7 cm³/mol. The first-order valence-corrected chi connectivity index (χ1v) is 6.54. The number of hydrogen-bond donors (Lipinski definition) is 1. The van der Waals surface area contributed by atoms with Gasteiger partial charge < -0.3 is 5.11 Å². The lowest BCUT2D eigenvalue weighted by Gasteiger charge is -2.33. The highest BCUT2D eigenvalue weighted by atomic mass is 19.1. The number of Topliss-reactive ketones (excluding diaryl/α,β-unsaturated/α-hetero) is 1. The first-order valence-electron chi connectivity index (χ1n) is 6.54. The molecule has 0 amide bonds. The van der Waals surface area contributed by atoms with E-state index < -0.39 is 5.82 Å². The van der Waals surface area contributed by atoms with Crippen molar-refractivity contribution in [3.8, 4) is 0 Å². The maximum Gasteiger partial charge on any atom is 0.179 e. The van der Waals surface area contributed by atoms with Gasteiger partial charge in [-0.25, -0.2) is 4.39 Å². The first kappa shape index (κ1) is 14.1. The Bertz CT molecular complexity index is 431. The summed E-state index contributed by atoms with van der Waals surface area (Å²) in [4.78, 5) is 16.2. The molecular formula is C14H19FN2O2. The Labute approximate surface area is 112 Å². The largest absolute Gasteiger partial charge is 0.395 e.